The van der Waals surface area contributed by atoms with Gasteiger partial charge in [0.2, 0.25) is 0 Å². The van der Waals surface area contributed by atoms with E-state index in [1.807, 2.05) is 0 Å². The summed E-state index contributed by atoms with van der Waals surface area (Å²) in [5.74, 6) is 0. The summed E-state index contributed by atoms with van der Waals surface area (Å²) in [5, 5.41) is 0. The summed E-state index contributed by atoms with van der Waals surface area (Å²) < 4.78 is 0. The maximum absolute atomic E-state index is 2.36. The minimum absolute atomic E-state index is 0.629. The molecule has 2 heteroatoms. The fourth-order valence-corrected chi connectivity index (χ4v) is 7.99. The van der Waals surface area contributed by atoms with Crippen molar-refractivity contribution < 1.29 is 0 Å². The summed E-state index contributed by atoms with van der Waals surface area (Å²) in [6.07, 6.45) is 16.3. The lowest BCUT2D eigenvalue weighted by Crippen LogP contribution is -2.18. The molecule has 116 valence electrons. The van der Waals surface area contributed by atoms with Crippen molar-refractivity contribution in [2.75, 3.05) is 45.3 Å². The first-order valence-electron chi connectivity index (χ1n) is 8.60. The molecule has 19 heavy (non-hydrogen) atoms. The Kier molecular flexibility index (Phi) is 12.4. The minimum Gasteiger partial charge on any atom is -0.309 e. The number of unbranched alkanes of at least 4 members (excludes halogenated alkanes) is 3. The van der Waals surface area contributed by atoms with Crippen LogP contribution in [-0.2, 0) is 0 Å². The Morgan fingerprint density at radius 3 is 1.32 bits per heavy atom. The molecule has 0 aromatic heterocycles. The van der Waals surface area contributed by atoms with Crippen molar-refractivity contribution >= 4 is 7.26 Å². The Bertz CT molecular complexity index is 170. The molecule has 0 aliphatic heterocycles. The topological polar surface area (TPSA) is 3.24 Å². The van der Waals surface area contributed by atoms with E-state index in [1.165, 1.54) is 51.5 Å². The third-order valence-electron chi connectivity index (χ3n) is 4.20. The van der Waals surface area contributed by atoms with E-state index >= 15 is 0 Å². The van der Waals surface area contributed by atoms with Crippen LogP contribution in [0.2, 0.25) is 0 Å². The molecule has 0 atom stereocenters. The zero-order valence-electron chi connectivity index (χ0n) is 14.4. The lowest BCUT2D eigenvalue weighted by Gasteiger charge is -2.28. The summed E-state index contributed by atoms with van der Waals surface area (Å²) in [7, 11) is 3.80. The molecule has 0 aromatic rings. The molecular formula is C17H39NP+. The van der Waals surface area contributed by atoms with Crippen LogP contribution in [-0.4, -0.2) is 50.2 Å². The van der Waals surface area contributed by atoms with Gasteiger partial charge in [-0.15, -0.1) is 0 Å². The Morgan fingerprint density at radius 1 is 0.632 bits per heavy atom. The van der Waals surface area contributed by atoms with Gasteiger partial charge in [-0.1, -0.05) is 40.0 Å². The molecule has 0 bridgehead atoms. The number of hydrogen-bond donors (Lipinski definition) is 0. The average Bonchev–Trinajstić information content (AvgIpc) is 2.39. The molecule has 0 aliphatic rings. The molecule has 0 unspecified atom stereocenters. The molecule has 0 saturated heterocycles. The van der Waals surface area contributed by atoms with Crippen LogP contribution in [0.25, 0.3) is 0 Å². The Hall–Kier alpha value is 0.390. The fourth-order valence-electron chi connectivity index (χ4n) is 2.87. The van der Waals surface area contributed by atoms with Gasteiger partial charge in [-0.05, 0) is 39.8 Å². The highest BCUT2D eigenvalue weighted by Gasteiger charge is 2.34. The first kappa shape index (κ1) is 19.4. The smallest absolute Gasteiger partial charge is 0.0606 e. The van der Waals surface area contributed by atoms with Crippen LogP contribution in [0.3, 0.4) is 0 Å². The molecule has 0 heterocycles. The van der Waals surface area contributed by atoms with Gasteiger partial charge in [-0.25, -0.2) is 0 Å². The summed E-state index contributed by atoms with van der Waals surface area (Å²) in [5.41, 5.74) is 0. The van der Waals surface area contributed by atoms with Crippen molar-refractivity contribution in [1.82, 2.24) is 4.90 Å². The molecular weight excluding hydrogens is 249 g/mol. The Balaban J connectivity index is 4.47. The average molecular weight is 288 g/mol. The van der Waals surface area contributed by atoms with Gasteiger partial charge in [-0.2, -0.15) is 0 Å². The van der Waals surface area contributed by atoms with Crippen LogP contribution in [0.1, 0.15) is 65.7 Å². The number of rotatable bonds is 13. The molecule has 0 saturated carbocycles. The Morgan fingerprint density at radius 2 is 1.00 bits per heavy atom. The molecule has 0 rings (SSSR count). The highest BCUT2D eigenvalue weighted by molar-refractivity contribution is 7.75. The monoisotopic (exact) mass is 288 g/mol. The molecule has 1 nitrogen and oxygen atoms in total. The fraction of sp³-hybridized carbons (Fsp3) is 1.00. The maximum atomic E-state index is 2.36. The first-order valence-corrected chi connectivity index (χ1v) is 11.1. The van der Waals surface area contributed by atoms with Crippen molar-refractivity contribution in [2.45, 2.75) is 65.7 Å². The van der Waals surface area contributed by atoms with Crippen molar-refractivity contribution in [1.29, 1.82) is 0 Å². The molecule has 0 aliphatic carbocycles. The van der Waals surface area contributed by atoms with Gasteiger partial charge in [0.05, 0.1) is 24.6 Å². The van der Waals surface area contributed by atoms with Gasteiger partial charge in [0.25, 0.3) is 0 Å². The summed E-state index contributed by atoms with van der Waals surface area (Å²) in [4.78, 5) is 2.36. The summed E-state index contributed by atoms with van der Waals surface area (Å²) >= 11 is 0. The van der Waals surface area contributed by atoms with Gasteiger partial charge in [0.15, 0.2) is 0 Å². The predicted octanol–water partition coefficient (Wildman–Crippen LogP) is 5.36. The van der Waals surface area contributed by atoms with Gasteiger partial charge < -0.3 is 4.90 Å². The highest BCUT2D eigenvalue weighted by Crippen LogP contribution is 2.61. The van der Waals surface area contributed by atoms with Crippen LogP contribution in [0.4, 0.5) is 0 Å². The van der Waals surface area contributed by atoms with Gasteiger partial charge in [-0.3, -0.25) is 0 Å². The van der Waals surface area contributed by atoms with Crippen LogP contribution in [0.5, 0.6) is 0 Å². The molecule has 0 spiro atoms. The van der Waals surface area contributed by atoms with E-state index < -0.39 is 7.26 Å². The lowest BCUT2D eigenvalue weighted by molar-refractivity contribution is 0.409. The van der Waals surface area contributed by atoms with Crippen LogP contribution < -0.4 is 0 Å². The SMILES string of the molecule is CCCC[P+](CCCC)(CCCC)CCCN(C)C. The van der Waals surface area contributed by atoms with Crippen LogP contribution in [0, 0.1) is 0 Å². The van der Waals surface area contributed by atoms with Crippen molar-refractivity contribution in [2.24, 2.45) is 0 Å². The number of nitrogens with zero attached hydrogens (tertiary/aromatic N) is 1. The summed E-state index contributed by atoms with van der Waals surface area (Å²) in [6.45, 7) is 8.35. The predicted molar refractivity (Wildman–Crippen MR) is 94.3 cm³/mol. The van der Waals surface area contributed by atoms with E-state index in [-0.39, 0.29) is 0 Å². The molecule has 0 aromatic carbocycles. The largest absolute Gasteiger partial charge is 0.309 e. The Labute approximate surface area is 123 Å². The highest BCUT2D eigenvalue weighted by atomic mass is 31.2. The molecule has 0 radical (unpaired) electrons. The normalized spacial score (nSPS) is 12.3. The number of hydrogen-bond acceptors (Lipinski definition) is 1. The van der Waals surface area contributed by atoms with Crippen LogP contribution in [0.15, 0.2) is 0 Å². The molecule has 0 amide bonds. The first-order chi connectivity index (χ1) is 9.10. The third kappa shape index (κ3) is 9.85. The van der Waals surface area contributed by atoms with E-state index in [1.54, 1.807) is 24.6 Å². The second-order valence-corrected chi connectivity index (χ2v) is 10.9. The van der Waals surface area contributed by atoms with Gasteiger partial charge >= 0.3 is 0 Å². The zero-order valence-corrected chi connectivity index (χ0v) is 15.3. The van der Waals surface area contributed by atoms with E-state index in [4.69, 9.17) is 0 Å². The third-order valence-corrected chi connectivity index (χ3v) is 9.26. The molecule has 0 N–H and O–H groups in total. The van der Waals surface area contributed by atoms with Crippen molar-refractivity contribution in [3.63, 3.8) is 0 Å². The van der Waals surface area contributed by atoms with Gasteiger partial charge in [0.1, 0.15) is 0 Å². The summed E-state index contributed by atoms with van der Waals surface area (Å²) in [6, 6.07) is 0. The lowest BCUT2D eigenvalue weighted by atomic mass is 10.4. The molecule has 0 fully saturated rings. The quantitative estimate of drug-likeness (QED) is 0.413. The minimum atomic E-state index is -0.629. The van der Waals surface area contributed by atoms with Crippen LogP contribution >= 0.6 is 7.26 Å². The second kappa shape index (κ2) is 12.2. The standard InChI is InChI=1S/C17H39NP/c1-6-9-14-19(15-10-7-2,16-11-8-3)17-12-13-18(4)5/h6-17H2,1-5H3/q+1. The van der Waals surface area contributed by atoms with E-state index in [2.05, 4.69) is 39.8 Å². The second-order valence-electron chi connectivity index (χ2n) is 6.45. The van der Waals surface area contributed by atoms with Gasteiger partial charge in [0, 0.05) is 13.8 Å². The van der Waals surface area contributed by atoms with E-state index in [0.717, 1.165) is 0 Å². The van der Waals surface area contributed by atoms with Crippen molar-refractivity contribution in [3.05, 3.63) is 0 Å². The van der Waals surface area contributed by atoms with E-state index in [9.17, 15) is 0 Å². The zero-order chi connectivity index (χ0) is 14.6. The van der Waals surface area contributed by atoms with Crippen molar-refractivity contribution in [3.8, 4) is 0 Å². The maximum Gasteiger partial charge on any atom is 0.0606 e. The van der Waals surface area contributed by atoms with E-state index in [0.29, 0.717) is 0 Å².